The number of imidazole rings is 1. The van der Waals surface area contributed by atoms with Gasteiger partial charge in [0.2, 0.25) is 5.91 Å². The van der Waals surface area contributed by atoms with Crippen molar-refractivity contribution in [2.45, 2.75) is 38.1 Å². The first-order chi connectivity index (χ1) is 13.8. The van der Waals surface area contributed by atoms with Gasteiger partial charge in [-0.25, -0.2) is 4.98 Å². The van der Waals surface area contributed by atoms with Crippen molar-refractivity contribution in [3.8, 4) is 0 Å². The van der Waals surface area contributed by atoms with Gasteiger partial charge in [0, 0.05) is 56.8 Å². The van der Waals surface area contributed by atoms with Gasteiger partial charge in [0.15, 0.2) is 0 Å². The normalized spacial score (nSPS) is 16.9. The lowest BCUT2D eigenvalue weighted by molar-refractivity contribution is -0.132. The fourth-order valence-corrected chi connectivity index (χ4v) is 3.96. The molecule has 5 heteroatoms. The van der Waals surface area contributed by atoms with Crippen LogP contribution in [-0.2, 0) is 17.8 Å². The lowest BCUT2D eigenvalue weighted by Gasteiger charge is -2.33. The summed E-state index contributed by atoms with van der Waals surface area (Å²) in [6.45, 7) is 2.43. The number of piperidine rings is 1. The van der Waals surface area contributed by atoms with E-state index in [1.807, 2.05) is 41.7 Å². The van der Waals surface area contributed by atoms with Gasteiger partial charge in [-0.05, 0) is 36.5 Å². The average Bonchev–Trinajstić information content (AvgIpc) is 3.22. The first kappa shape index (κ1) is 18.4. The van der Waals surface area contributed by atoms with Crippen LogP contribution in [0.2, 0.25) is 0 Å². The Morgan fingerprint density at radius 1 is 1.07 bits per heavy atom. The van der Waals surface area contributed by atoms with Gasteiger partial charge < -0.3 is 9.47 Å². The van der Waals surface area contributed by atoms with Gasteiger partial charge in [-0.2, -0.15) is 0 Å². The standard InChI is InChI=1S/C23H26N4O/c28-22(11-10-19-8-4-12-24-16-19)26-14-5-9-21(18-26)23-25-13-15-27(23)17-20-6-2-1-3-7-20/h1-4,6-8,12-13,15-16,21H,5,9-11,14,17-18H2/t21-/m1/s1. The van der Waals surface area contributed by atoms with Gasteiger partial charge in [-0.1, -0.05) is 36.4 Å². The van der Waals surface area contributed by atoms with Crippen molar-refractivity contribution < 1.29 is 4.79 Å². The van der Waals surface area contributed by atoms with Crippen LogP contribution >= 0.6 is 0 Å². The monoisotopic (exact) mass is 374 g/mol. The molecule has 0 radical (unpaired) electrons. The number of rotatable bonds is 6. The molecule has 1 atom stereocenters. The van der Waals surface area contributed by atoms with Gasteiger partial charge in [0.05, 0.1) is 0 Å². The molecular weight excluding hydrogens is 348 g/mol. The molecule has 4 rings (SSSR count). The third-order valence-corrected chi connectivity index (χ3v) is 5.43. The van der Waals surface area contributed by atoms with Crippen molar-refractivity contribution in [3.05, 3.63) is 84.2 Å². The molecular formula is C23H26N4O. The largest absolute Gasteiger partial charge is 0.342 e. The highest BCUT2D eigenvalue weighted by atomic mass is 16.2. The summed E-state index contributed by atoms with van der Waals surface area (Å²) >= 11 is 0. The maximum Gasteiger partial charge on any atom is 0.222 e. The molecule has 1 aliphatic heterocycles. The number of amides is 1. The summed E-state index contributed by atoms with van der Waals surface area (Å²) in [5, 5.41) is 0. The second-order valence-electron chi connectivity index (χ2n) is 7.44. The van der Waals surface area contributed by atoms with Crippen molar-refractivity contribution in [2.75, 3.05) is 13.1 Å². The summed E-state index contributed by atoms with van der Waals surface area (Å²) in [7, 11) is 0. The number of pyridine rings is 1. The summed E-state index contributed by atoms with van der Waals surface area (Å²) in [6, 6.07) is 14.4. The van der Waals surface area contributed by atoms with Crippen LogP contribution in [-0.4, -0.2) is 38.4 Å². The van der Waals surface area contributed by atoms with Crippen LogP contribution in [0, 0.1) is 0 Å². The molecule has 2 aromatic heterocycles. The van der Waals surface area contributed by atoms with E-state index in [1.165, 1.54) is 5.56 Å². The van der Waals surface area contributed by atoms with E-state index in [1.54, 1.807) is 6.20 Å². The molecule has 0 unspecified atom stereocenters. The second-order valence-corrected chi connectivity index (χ2v) is 7.44. The van der Waals surface area contributed by atoms with E-state index < -0.39 is 0 Å². The summed E-state index contributed by atoms with van der Waals surface area (Å²) < 4.78 is 2.23. The molecule has 0 aliphatic carbocycles. The van der Waals surface area contributed by atoms with Gasteiger partial charge >= 0.3 is 0 Å². The summed E-state index contributed by atoms with van der Waals surface area (Å²) in [6.07, 6.45) is 10.9. The molecule has 0 spiro atoms. The number of aryl methyl sites for hydroxylation is 1. The third kappa shape index (κ3) is 4.47. The third-order valence-electron chi connectivity index (χ3n) is 5.43. The fourth-order valence-electron chi connectivity index (χ4n) is 3.96. The number of hydrogen-bond acceptors (Lipinski definition) is 3. The minimum Gasteiger partial charge on any atom is -0.342 e. The number of likely N-dealkylation sites (tertiary alicyclic amines) is 1. The lowest BCUT2D eigenvalue weighted by Crippen LogP contribution is -2.39. The van der Waals surface area contributed by atoms with Crippen molar-refractivity contribution in [1.29, 1.82) is 0 Å². The SMILES string of the molecule is O=C(CCc1cccnc1)N1CCC[C@@H](c2nccn2Cc2ccccc2)C1. The van der Waals surface area contributed by atoms with Gasteiger partial charge in [0.25, 0.3) is 0 Å². The summed E-state index contributed by atoms with van der Waals surface area (Å²) in [5.41, 5.74) is 2.38. The molecule has 5 nitrogen and oxygen atoms in total. The van der Waals surface area contributed by atoms with Crippen molar-refractivity contribution in [2.24, 2.45) is 0 Å². The van der Waals surface area contributed by atoms with E-state index in [-0.39, 0.29) is 5.91 Å². The van der Waals surface area contributed by atoms with Gasteiger partial charge in [-0.15, -0.1) is 0 Å². The number of aromatic nitrogens is 3. The molecule has 1 aliphatic rings. The minimum atomic E-state index is 0.231. The Morgan fingerprint density at radius 2 is 1.93 bits per heavy atom. The second kappa shape index (κ2) is 8.83. The Labute approximate surface area is 166 Å². The number of nitrogens with zero attached hydrogens (tertiary/aromatic N) is 4. The topological polar surface area (TPSA) is 51.0 Å². The summed E-state index contributed by atoms with van der Waals surface area (Å²) in [4.78, 5) is 23.5. The highest BCUT2D eigenvalue weighted by Crippen LogP contribution is 2.27. The zero-order chi connectivity index (χ0) is 19.2. The van der Waals surface area contributed by atoms with Crippen molar-refractivity contribution >= 4 is 5.91 Å². The van der Waals surface area contributed by atoms with E-state index in [9.17, 15) is 4.79 Å². The van der Waals surface area contributed by atoms with Crippen LogP contribution in [0.15, 0.2) is 67.3 Å². The number of carbonyl (C=O) groups is 1. The van der Waals surface area contributed by atoms with Crippen LogP contribution < -0.4 is 0 Å². The molecule has 3 aromatic rings. The van der Waals surface area contributed by atoms with E-state index in [0.717, 1.165) is 50.3 Å². The number of carbonyl (C=O) groups excluding carboxylic acids is 1. The molecule has 1 aromatic carbocycles. The fraction of sp³-hybridized carbons (Fsp3) is 0.348. The predicted octanol–water partition coefficient (Wildman–Crippen LogP) is 3.67. The van der Waals surface area contributed by atoms with Gasteiger partial charge in [-0.3, -0.25) is 9.78 Å². The highest BCUT2D eigenvalue weighted by molar-refractivity contribution is 5.76. The minimum absolute atomic E-state index is 0.231. The maximum atomic E-state index is 12.7. The van der Waals surface area contributed by atoms with E-state index >= 15 is 0 Å². The van der Waals surface area contributed by atoms with E-state index in [4.69, 9.17) is 0 Å². The first-order valence-electron chi connectivity index (χ1n) is 10.0. The van der Waals surface area contributed by atoms with E-state index in [0.29, 0.717) is 12.3 Å². The Morgan fingerprint density at radius 3 is 2.75 bits per heavy atom. The molecule has 0 saturated carbocycles. The molecule has 1 saturated heterocycles. The first-order valence-corrected chi connectivity index (χ1v) is 10.0. The quantitative estimate of drug-likeness (QED) is 0.662. The molecule has 28 heavy (non-hydrogen) atoms. The Hall–Kier alpha value is -2.95. The Bertz CT molecular complexity index is 891. The molecule has 3 heterocycles. The van der Waals surface area contributed by atoms with Crippen LogP contribution in [0.1, 0.15) is 42.1 Å². The average molecular weight is 374 g/mol. The zero-order valence-electron chi connectivity index (χ0n) is 16.1. The van der Waals surface area contributed by atoms with Crippen LogP contribution in [0.5, 0.6) is 0 Å². The smallest absolute Gasteiger partial charge is 0.222 e. The van der Waals surface area contributed by atoms with Crippen molar-refractivity contribution in [1.82, 2.24) is 19.4 Å². The van der Waals surface area contributed by atoms with Crippen LogP contribution in [0.3, 0.4) is 0 Å². The van der Waals surface area contributed by atoms with Crippen LogP contribution in [0.25, 0.3) is 0 Å². The summed E-state index contributed by atoms with van der Waals surface area (Å²) in [5.74, 6) is 1.62. The Kier molecular flexibility index (Phi) is 5.80. The number of benzene rings is 1. The molecule has 0 N–H and O–H groups in total. The highest BCUT2D eigenvalue weighted by Gasteiger charge is 2.27. The zero-order valence-corrected chi connectivity index (χ0v) is 16.1. The van der Waals surface area contributed by atoms with Crippen molar-refractivity contribution in [3.63, 3.8) is 0 Å². The Balaban J connectivity index is 1.39. The lowest BCUT2D eigenvalue weighted by atomic mass is 9.96. The number of hydrogen-bond donors (Lipinski definition) is 0. The van der Waals surface area contributed by atoms with Gasteiger partial charge in [0.1, 0.15) is 5.82 Å². The maximum absolute atomic E-state index is 12.7. The molecule has 1 fully saturated rings. The van der Waals surface area contributed by atoms with Crippen LogP contribution in [0.4, 0.5) is 0 Å². The molecule has 1 amide bonds. The van der Waals surface area contributed by atoms with E-state index in [2.05, 4.69) is 38.8 Å². The molecule has 144 valence electrons. The molecule has 0 bridgehead atoms. The predicted molar refractivity (Wildman–Crippen MR) is 109 cm³/mol.